The summed E-state index contributed by atoms with van der Waals surface area (Å²) in [6, 6.07) is 39.1. The maximum Gasteiger partial charge on any atom is 0.153 e. The highest BCUT2D eigenvalue weighted by atomic mass is 32.1. The lowest BCUT2D eigenvalue weighted by Gasteiger charge is -2.27. The molecule has 0 saturated carbocycles. The zero-order chi connectivity index (χ0) is 49.4. The van der Waals surface area contributed by atoms with Crippen LogP contribution in [0.25, 0.3) is 43.0 Å². The van der Waals surface area contributed by atoms with Gasteiger partial charge in [0.15, 0.2) is 6.29 Å². The van der Waals surface area contributed by atoms with Crippen LogP contribution >= 0.6 is 11.3 Å². The molecule has 0 fully saturated rings. The van der Waals surface area contributed by atoms with Crippen molar-refractivity contribution in [3.63, 3.8) is 0 Å². The fraction of sp³-hybridized carbons (Fsp3) is 0.333. The van der Waals surface area contributed by atoms with E-state index in [1.54, 1.807) is 23.6 Å². The lowest BCUT2D eigenvalue weighted by molar-refractivity contribution is 0.112. The Morgan fingerprint density at radius 3 is 1.51 bits per heavy atom. The Bertz CT molecular complexity index is 3000. The molecule has 1 aromatic heterocycles. The third kappa shape index (κ3) is 11.4. The van der Waals surface area contributed by atoms with Crippen LogP contribution in [0.1, 0.15) is 153 Å². The zero-order valence-corrected chi connectivity index (χ0v) is 42.9. The second-order valence-corrected chi connectivity index (χ2v) is 23.8. The van der Waals surface area contributed by atoms with Gasteiger partial charge in [-0.3, -0.25) is 9.79 Å². The summed E-state index contributed by atoms with van der Waals surface area (Å²) in [5, 5.41) is 31.6. The summed E-state index contributed by atoms with van der Waals surface area (Å²) in [5.41, 5.74) is 13.5. The number of rotatable bonds is 6. The quantitative estimate of drug-likeness (QED) is 0.128. The summed E-state index contributed by atoms with van der Waals surface area (Å²) in [6.45, 7) is 32.1. The van der Waals surface area contributed by atoms with E-state index in [0.29, 0.717) is 16.7 Å². The number of phenols is 2. The van der Waals surface area contributed by atoms with Gasteiger partial charge in [-0.1, -0.05) is 165 Å². The molecule has 6 aromatic carbocycles. The second-order valence-electron chi connectivity index (χ2n) is 22.7. The smallest absolute Gasteiger partial charge is 0.153 e. The number of aromatic nitrogens is 1. The summed E-state index contributed by atoms with van der Waals surface area (Å²) in [7, 11) is 0. The van der Waals surface area contributed by atoms with E-state index in [4.69, 9.17) is 9.98 Å². The number of nitriles is 1. The van der Waals surface area contributed by atoms with E-state index in [0.717, 1.165) is 77.3 Å². The van der Waals surface area contributed by atoms with Crippen LogP contribution in [0.15, 0.2) is 114 Å². The van der Waals surface area contributed by atoms with E-state index >= 15 is 0 Å². The van der Waals surface area contributed by atoms with E-state index in [1.165, 1.54) is 5.56 Å². The van der Waals surface area contributed by atoms with Crippen LogP contribution in [-0.4, -0.2) is 27.7 Å². The highest BCUT2D eigenvalue weighted by Gasteiger charge is 2.27. The number of carbonyl (C=O) groups is 1. The van der Waals surface area contributed by atoms with Gasteiger partial charge in [0.1, 0.15) is 16.5 Å². The maximum absolute atomic E-state index is 11.4. The number of aldehydes is 1. The molecule has 346 valence electrons. The minimum atomic E-state index is -0.222. The first kappa shape index (κ1) is 50.1. The van der Waals surface area contributed by atoms with Crippen molar-refractivity contribution < 1.29 is 15.0 Å². The molecule has 1 heterocycles. The van der Waals surface area contributed by atoms with Gasteiger partial charge in [0.2, 0.25) is 0 Å². The number of hydrogen-bond donors (Lipinski definition) is 2. The minimum absolute atomic E-state index is 0.0362. The van der Waals surface area contributed by atoms with Gasteiger partial charge in [-0.05, 0) is 109 Å². The van der Waals surface area contributed by atoms with Crippen molar-refractivity contribution in [2.75, 3.05) is 0 Å². The second kappa shape index (κ2) is 18.7. The lowest BCUT2D eigenvalue weighted by atomic mass is 9.79. The number of fused-ring (bicyclic) bond motifs is 1. The highest BCUT2D eigenvalue weighted by Crippen LogP contribution is 2.43. The Kier molecular flexibility index (Phi) is 14.0. The summed E-state index contributed by atoms with van der Waals surface area (Å²) < 4.78 is 1.13. The predicted octanol–water partition coefficient (Wildman–Crippen LogP) is 16.3. The largest absolute Gasteiger partial charge is 0.507 e. The Morgan fingerprint density at radius 1 is 0.552 bits per heavy atom. The number of phenolic OH excluding ortho intramolecular Hbond substituents is 2. The minimum Gasteiger partial charge on any atom is -0.507 e. The van der Waals surface area contributed by atoms with Crippen LogP contribution in [0, 0.1) is 11.3 Å². The van der Waals surface area contributed by atoms with Gasteiger partial charge in [-0.2, -0.15) is 5.26 Å². The van der Waals surface area contributed by atoms with Crippen molar-refractivity contribution >= 4 is 39.7 Å². The molecule has 0 aliphatic carbocycles. The standard InChI is InChI=1S/C45H45N3OS.C15H22O2/c1-43(2,3)33-22-32(41(49)37(24-33)45(7,8)9)27-47-38-13-11-10-12-35(38)42-48-40-36(23-34(44(4,5)6)25-39(40)50-42)31-20-18-30(19-21-31)29-16-14-28(26-46)15-17-29;1-14(2,3)11-7-10(9-16)13(17)12(8-11)15(4,5)6/h10-25,27,49H,1-9H3;7-9,17H,1-6H3. The van der Waals surface area contributed by atoms with E-state index in [2.05, 4.69) is 144 Å². The molecular formula is C60H67N3O3S. The van der Waals surface area contributed by atoms with Gasteiger partial charge in [-0.15, -0.1) is 11.3 Å². The first-order valence-electron chi connectivity index (χ1n) is 23.0. The van der Waals surface area contributed by atoms with Crippen molar-refractivity contribution in [2.45, 2.75) is 131 Å². The van der Waals surface area contributed by atoms with Crippen molar-refractivity contribution in [1.82, 2.24) is 4.98 Å². The van der Waals surface area contributed by atoms with E-state index in [9.17, 15) is 20.3 Å². The Hall–Kier alpha value is -6.36. The number of carbonyl (C=O) groups excluding carboxylic acids is 1. The Balaban J connectivity index is 0.000000368. The number of aromatic hydroxyl groups is 2. The maximum atomic E-state index is 11.4. The molecule has 0 unspecified atom stereocenters. The molecule has 2 N–H and O–H groups in total. The number of hydrogen-bond acceptors (Lipinski definition) is 7. The van der Waals surface area contributed by atoms with Gasteiger partial charge in [0, 0.05) is 34.0 Å². The number of thiazole rings is 1. The summed E-state index contributed by atoms with van der Waals surface area (Å²) in [4.78, 5) is 21.3. The number of para-hydroxylation sites is 1. The highest BCUT2D eigenvalue weighted by molar-refractivity contribution is 7.21. The van der Waals surface area contributed by atoms with Crippen LogP contribution in [0.3, 0.4) is 0 Å². The van der Waals surface area contributed by atoms with Crippen LogP contribution in [0.5, 0.6) is 11.5 Å². The van der Waals surface area contributed by atoms with Gasteiger partial charge in [-0.25, -0.2) is 4.98 Å². The summed E-state index contributed by atoms with van der Waals surface area (Å²) >= 11 is 1.68. The van der Waals surface area contributed by atoms with E-state index in [-0.39, 0.29) is 38.6 Å². The van der Waals surface area contributed by atoms with E-state index < -0.39 is 0 Å². The molecule has 6 nitrogen and oxygen atoms in total. The van der Waals surface area contributed by atoms with Gasteiger partial charge in [0.05, 0.1) is 33.1 Å². The van der Waals surface area contributed by atoms with Gasteiger partial charge < -0.3 is 10.2 Å². The topological polar surface area (TPSA) is 107 Å². The van der Waals surface area contributed by atoms with Crippen LogP contribution in [0.4, 0.5) is 5.69 Å². The van der Waals surface area contributed by atoms with E-state index in [1.807, 2.05) is 69.3 Å². The molecule has 0 radical (unpaired) electrons. The van der Waals surface area contributed by atoms with Crippen LogP contribution in [0.2, 0.25) is 0 Å². The summed E-state index contributed by atoms with van der Waals surface area (Å²) in [6.07, 6.45) is 2.52. The van der Waals surface area contributed by atoms with Crippen molar-refractivity contribution in [3.8, 4) is 50.4 Å². The molecule has 0 aliphatic heterocycles. The molecule has 0 saturated heterocycles. The molecule has 0 spiro atoms. The van der Waals surface area contributed by atoms with Crippen LogP contribution in [-0.2, 0) is 27.1 Å². The molecule has 0 amide bonds. The molecule has 7 heteroatoms. The monoisotopic (exact) mass is 909 g/mol. The third-order valence-electron chi connectivity index (χ3n) is 12.1. The predicted molar refractivity (Wildman–Crippen MR) is 283 cm³/mol. The molecule has 7 aromatic rings. The third-order valence-corrected chi connectivity index (χ3v) is 13.2. The fourth-order valence-corrected chi connectivity index (χ4v) is 8.86. The van der Waals surface area contributed by atoms with Crippen LogP contribution < -0.4 is 0 Å². The molecular weight excluding hydrogens is 843 g/mol. The fourth-order valence-electron chi connectivity index (χ4n) is 7.79. The Morgan fingerprint density at radius 2 is 1.01 bits per heavy atom. The molecule has 0 bridgehead atoms. The first-order valence-corrected chi connectivity index (χ1v) is 23.8. The average Bonchev–Trinajstić information content (AvgIpc) is 3.69. The molecule has 0 aliphatic rings. The number of benzene rings is 6. The SMILES string of the molecule is CC(C)(C)c1cc(C=Nc2ccccc2-c2nc3c(-c4ccc(-c5ccc(C#N)cc5)cc4)cc(C(C)(C)C)cc3s2)c(O)c(C(C)(C)C)c1.CC(C)(C)c1cc(C=O)c(O)c(C(C)(C)C)c1. The molecule has 67 heavy (non-hydrogen) atoms. The lowest BCUT2D eigenvalue weighted by Crippen LogP contribution is -2.17. The van der Waals surface area contributed by atoms with Crippen molar-refractivity contribution in [2.24, 2.45) is 4.99 Å². The average molecular weight is 910 g/mol. The van der Waals surface area contributed by atoms with Crippen molar-refractivity contribution in [1.29, 1.82) is 5.26 Å². The number of aliphatic imine (C=N–C) groups is 1. The Labute approximate surface area is 403 Å². The van der Waals surface area contributed by atoms with Gasteiger partial charge >= 0.3 is 0 Å². The summed E-state index contributed by atoms with van der Waals surface area (Å²) in [5.74, 6) is 0.386. The molecule has 7 rings (SSSR count). The first-order chi connectivity index (χ1) is 31.1. The number of nitrogens with zero attached hydrogens (tertiary/aromatic N) is 3. The normalized spacial score (nSPS) is 12.5. The van der Waals surface area contributed by atoms with Crippen molar-refractivity contribution in [3.05, 3.63) is 154 Å². The molecule has 0 atom stereocenters. The zero-order valence-electron chi connectivity index (χ0n) is 42.1. The van der Waals surface area contributed by atoms with Gasteiger partial charge in [0.25, 0.3) is 0 Å².